The minimum Gasteiger partial charge on any atom is -0.449 e. The van der Waals surface area contributed by atoms with Gasteiger partial charge in [0.15, 0.2) is 5.96 Å². The van der Waals surface area contributed by atoms with Gasteiger partial charge in [-0.2, -0.15) is 0 Å². The number of guanidine groups is 1. The molecule has 5 N–H and O–H groups in total. The lowest BCUT2D eigenvalue weighted by molar-refractivity contribution is -0.122. The van der Waals surface area contributed by atoms with Crippen LogP contribution in [0.5, 0.6) is 0 Å². The molecule has 0 saturated heterocycles. The van der Waals surface area contributed by atoms with Gasteiger partial charge in [0, 0.05) is 26.6 Å². The second-order valence-electron chi connectivity index (χ2n) is 7.31. The van der Waals surface area contributed by atoms with Gasteiger partial charge in [0.25, 0.3) is 0 Å². The van der Waals surface area contributed by atoms with Crippen molar-refractivity contribution in [3.05, 3.63) is 59.7 Å². The van der Waals surface area contributed by atoms with Gasteiger partial charge in [-0.15, -0.1) is 0 Å². The summed E-state index contributed by atoms with van der Waals surface area (Å²) in [6.45, 7) is 0.744. The third kappa shape index (κ3) is 5.33. The van der Waals surface area contributed by atoms with Gasteiger partial charge in [0.05, 0.1) is 0 Å². The molecule has 164 valence electrons. The van der Waals surface area contributed by atoms with Gasteiger partial charge >= 0.3 is 6.09 Å². The molecule has 1 atom stereocenters. The molecule has 3 rings (SSSR count). The molecule has 0 heterocycles. The fourth-order valence-electron chi connectivity index (χ4n) is 3.83. The summed E-state index contributed by atoms with van der Waals surface area (Å²) in [4.78, 5) is 28.5. The first kappa shape index (κ1) is 22.1. The van der Waals surface area contributed by atoms with E-state index >= 15 is 0 Å². The number of hydrogen-bond acceptors (Lipinski definition) is 4. The maximum atomic E-state index is 12.5. The Bertz CT molecular complexity index is 914. The Kier molecular flexibility index (Phi) is 7.48. The Balaban J connectivity index is 1.58. The number of hydrogen-bond donors (Lipinski definition) is 4. The van der Waals surface area contributed by atoms with Crippen LogP contribution in [0.25, 0.3) is 11.1 Å². The van der Waals surface area contributed by atoms with Crippen molar-refractivity contribution in [2.45, 2.75) is 24.8 Å². The molecule has 0 fully saturated rings. The van der Waals surface area contributed by atoms with E-state index in [9.17, 15) is 9.59 Å². The van der Waals surface area contributed by atoms with Gasteiger partial charge in [-0.3, -0.25) is 9.79 Å². The van der Waals surface area contributed by atoms with Crippen LogP contribution in [0.2, 0.25) is 0 Å². The summed E-state index contributed by atoms with van der Waals surface area (Å²) in [5, 5.41) is 8.19. The Labute approximate surface area is 182 Å². The van der Waals surface area contributed by atoms with E-state index in [1.54, 1.807) is 7.05 Å². The molecular weight excluding hydrogens is 394 g/mol. The molecule has 0 unspecified atom stereocenters. The summed E-state index contributed by atoms with van der Waals surface area (Å²) in [7, 11) is 3.13. The van der Waals surface area contributed by atoms with Gasteiger partial charge in [-0.05, 0) is 35.1 Å². The SMILES string of the molecule is CN=C(N)NCCC[C@@H](NC(=O)OCC1c2ccccc2-c2ccccc21)C(=O)NC. The summed E-state index contributed by atoms with van der Waals surface area (Å²) in [5.41, 5.74) is 10.2. The number of fused-ring (bicyclic) bond motifs is 3. The minimum atomic E-state index is -0.692. The van der Waals surface area contributed by atoms with Crippen LogP contribution in [0.3, 0.4) is 0 Å². The third-order valence-corrected chi connectivity index (χ3v) is 5.42. The van der Waals surface area contributed by atoms with Crippen molar-refractivity contribution in [2.75, 3.05) is 27.2 Å². The lowest BCUT2D eigenvalue weighted by Gasteiger charge is -2.19. The van der Waals surface area contributed by atoms with Crippen LogP contribution < -0.4 is 21.7 Å². The van der Waals surface area contributed by atoms with E-state index in [4.69, 9.17) is 10.5 Å². The van der Waals surface area contributed by atoms with E-state index in [0.29, 0.717) is 25.3 Å². The highest BCUT2D eigenvalue weighted by Crippen LogP contribution is 2.44. The highest BCUT2D eigenvalue weighted by atomic mass is 16.5. The first-order valence-electron chi connectivity index (χ1n) is 10.3. The number of nitrogens with two attached hydrogens (primary N) is 1. The standard InChI is InChI=1S/C23H29N5O3/c1-25-21(29)20(12-7-13-27-22(24)26-2)28-23(30)31-14-19-17-10-5-3-8-15(17)16-9-4-6-11-18(16)19/h3-6,8-11,19-20H,7,12-14H2,1-2H3,(H,25,29)(H,28,30)(H3,24,26,27)/t20-/m1/s1. The van der Waals surface area contributed by atoms with Crippen molar-refractivity contribution >= 4 is 18.0 Å². The third-order valence-electron chi connectivity index (χ3n) is 5.42. The van der Waals surface area contributed by atoms with Gasteiger partial charge in [-0.25, -0.2) is 4.79 Å². The van der Waals surface area contributed by atoms with Gasteiger partial charge in [0.2, 0.25) is 5.91 Å². The van der Waals surface area contributed by atoms with Gasteiger partial charge < -0.3 is 26.4 Å². The van der Waals surface area contributed by atoms with Crippen molar-refractivity contribution in [1.29, 1.82) is 0 Å². The van der Waals surface area contributed by atoms with Crippen molar-refractivity contribution < 1.29 is 14.3 Å². The molecule has 31 heavy (non-hydrogen) atoms. The topological polar surface area (TPSA) is 118 Å². The van der Waals surface area contributed by atoms with Crippen molar-refractivity contribution in [1.82, 2.24) is 16.0 Å². The number of rotatable bonds is 8. The van der Waals surface area contributed by atoms with Crippen molar-refractivity contribution in [3.63, 3.8) is 0 Å². The summed E-state index contributed by atoms with van der Waals surface area (Å²) in [5.74, 6) is 0.0312. The average Bonchev–Trinajstić information content (AvgIpc) is 3.12. The molecule has 8 nitrogen and oxygen atoms in total. The molecule has 2 amide bonds. The lowest BCUT2D eigenvalue weighted by atomic mass is 9.98. The fraction of sp³-hybridized carbons (Fsp3) is 0.348. The molecule has 2 aromatic rings. The molecule has 0 aliphatic heterocycles. The second-order valence-corrected chi connectivity index (χ2v) is 7.31. The van der Waals surface area contributed by atoms with Crippen LogP contribution in [0.15, 0.2) is 53.5 Å². The molecule has 2 aromatic carbocycles. The van der Waals surface area contributed by atoms with Crippen molar-refractivity contribution in [3.8, 4) is 11.1 Å². The fourth-order valence-corrected chi connectivity index (χ4v) is 3.83. The first-order chi connectivity index (χ1) is 15.0. The minimum absolute atomic E-state index is 0.0305. The summed E-state index contributed by atoms with van der Waals surface area (Å²) >= 11 is 0. The molecule has 8 heteroatoms. The number of carbonyl (C=O) groups excluding carboxylic acids is 2. The van der Waals surface area contributed by atoms with E-state index in [0.717, 1.165) is 22.3 Å². The normalized spacial score (nSPS) is 13.7. The largest absolute Gasteiger partial charge is 0.449 e. The molecular formula is C23H29N5O3. The highest BCUT2D eigenvalue weighted by molar-refractivity contribution is 5.85. The van der Waals surface area contributed by atoms with E-state index < -0.39 is 12.1 Å². The Morgan fingerprint density at radius 2 is 1.71 bits per heavy atom. The smallest absolute Gasteiger partial charge is 0.407 e. The van der Waals surface area contributed by atoms with E-state index in [-0.39, 0.29) is 18.4 Å². The molecule has 0 radical (unpaired) electrons. The zero-order chi connectivity index (χ0) is 22.2. The Hall–Kier alpha value is -3.55. The monoisotopic (exact) mass is 423 g/mol. The predicted molar refractivity (Wildman–Crippen MR) is 121 cm³/mol. The second kappa shape index (κ2) is 10.5. The van der Waals surface area contributed by atoms with Crippen LogP contribution in [0.4, 0.5) is 4.79 Å². The molecule has 1 aliphatic rings. The number of carbonyl (C=O) groups is 2. The van der Waals surface area contributed by atoms with Crippen LogP contribution in [0.1, 0.15) is 29.9 Å². The zero-order valence-electron chi connectivity index (χ0n) is 17.9. The number of aliphatic imine (C=N–C) groups is 1. The number of alkyl carbamates (subject to hydrolysis) is 1. The van der Waals surface area contributed by atoms with Crippen LogP contribution in [0, 0.1) is 0 Å². The quantitative estimate of drug-likeness (QED) is 0.294. The number of nitrogens with one attached hydrogen (secondary N) is 3. The zero-order valence-corrected chi connectivity index (χ0v) is 17.9. The van der Waals surface area contributed by atoms with Gasteiger partial charge in [0.1, 0.15) is 12.6 Å². The number of likely N-dealkylation sites (N-methyl/N-ethyl adjacent to an activating group) is 1. The number of ether oxygens (including phenoxy) is 1. The number of benzene rings is 2. The van der Waals surface area contributed by atoms with E-state index in [2.05, 4.69) is 45.2 Å². The Morgan fingerprint density at radius 1 is 1.10 bits per heavy atom. The summed E-state index contributed by atoms with van der Waals surface area (Å²) in [6, 6.07) is 15.6. The molecule has 0 saturated carbocycles. The maximum absolute atomic E-state index is 12.5. The molecule has 0 spiro atoms. The van der Waals surface area contributed by atoms with Crippen LogP contribution in [-0.2, 0) is 9.53 Å². The Morgan fingerprint density at radius 3 is 2.29 bits per heavy atom. The summed E-state index contributed by atoms with van der Waals surface area (Å²) < 4.78 is 5.54. The summed E-state index contributed by atoms with van der Waals surface area (Å²) in [6.07, 6.45) is 0.448. The average molecular weight is 424 g/mol. The van der Waals surface area contributed by atoms with E-state index in [1.165, 1.54) is 7.05 Å². The highest BCUT2D eigenvalue weighted by Gasteiger charge is 2.29. The maximum Gasteiger partial charge on any atom is 0.407 e. The van der Waals surface area contributed by atoms with Crippen LogP contribution >= 0.6 is 0 Å². The lowest BCUT2D eigenvalue weighted by Crippen LogP contribution is -2.46. The molecule has 0 bridgehead atoms. The number of nitrogens with zero attached hydrogens (tertiary/aromatic N) is 1. The first-order valence-corrected chi connectivity index (χ1v) is 10.3. The molecule has 0 aromatic heterocycles. The van der Waals surface area contributed by atoms with Crippen molar-refractivity contribution in [2.24, 2.45) is 10.7 Å². The van der Waals surface area contributed by atoms with Crippen LogP contribution in [-0.4, -0.2) is 51.2 Å². The number of amides is 2. The molecule has 1 aliphatic carbocycles. The van der Waals surface area contributed by atoms with E-state index in [1.807, 2.05) is 24.3 Å². The van der Waals surface area contributed by atoms with Gasteiger partial charge in [-0.1, -0.05) is 48.5 Å². The predicted octanol–water partition coefficient (Wildman–Crippen LogP) is 1.95.